The average molecular weight is 415 g/mol. The number of hydrogen-bond acceptors (Lipinski definition) is 6. The SMILES string of the molecule is CCS(=O)(=O)NC1CCN(c2cc(C(F)(F)F)nc(-c3ccncc3)n2)CC1. The van der Waals surface area contributed by atoms with E-state index >= 15 is 0 Å². The van der Waals surface area contributed by atoms with Gasteiger partial charge in [0.1, 0.15) is 5.82 Å². The van der Waals surface area contributed by atoms with Gasteiger partial charge < -0.3 is 4.90 Å². The number of sulfonamides is 1. The third-order valence-corrected chi connectivity index (χ3v) is 5.94. The molecule has 0 unspecified atom stereocenters. The van der Waals surface area contributed by atoms with Crippen molar-refractivity contribution in [2.45, 2.75) is 32.0 Å². The number of nitrogens with one attached hydrogen (secondary N) is 1. The molecule has 0 radical (unpaired) electrons. The minimum Gasteiger partial charge on any atom is -0.356 e. The molecule has 152 valence electrons. The van der Waals surface area contributed by atoms with E-state index in [-0.39, 0.29) is 23.4 Å². The van der Waals surface area contributed by atoms with Crippen LogP contribution < -0.4 is 9.62 Å². The topological polar surface area (TPSA) is 88.1 Å². The quantitative estimate of drug-likeness (QED) is 0.807. The first kappa shape index (κ1) is 20.5. The van der Waals surface area contributed by atoms with Gasteiger partial charge >= 0.3 is 6.18 Å². The zero-order valence-electron chi connectivity index (χ0n) is 15.1. The molecular formula is C17H20F3N5O2S. The second kappa shape index (κ2) is 8.00. The van der Waals surface area contributed by atoms with E-state index in [4.69, 9.17) is 0 Å². The van der Waals surface area contributed by atoms with Crippen LogP contribution in [0.4, 0.5) is 19.0 Å². The summed E-state index contributed by atoms with van der Waals surface area (Å²) in [5, 5.41) is 0. The van der Waals surface area contributed by atoms with Crippen molar-refractivity contribution in [2.75, 3.05) is 23.7 Å². The van der Waals surface area contributed by atoms with E-state index in [2.05, 4.69) is 19.7 Å². The number of alkyl halides is 3. The van der Waals surface area contributed by atoms with Crippen LogP contribution in [0, 0.1) is 0 Å². The van der Waals surface area contributed by atoms with Crippen molar-refractivity contribution < 1.29 is 21.6 Å². The molecule has 7 nitrogen and oxygen atoms in total. The van der Waals surface area contributed by atoms with Gasteiger partial charge in [0.2, 0.25) is 10.0 Å². The van der Waals surface area contributed by atoms with Crippen LogP contribution in [-0.2, 0) is 16.2 Å². The first-order chi connectivity index (χ1) is 13.2. The Kier molecular flexibility index (Phi) is 5.84. The molecule has 1 aliphatic heterocycles. The average Bonchev–Trinajstić information content (AvgIpc) is 2.68. The molecular weight excluding hydrogens is 395 g/mol. The summed E-state index contributed by atoms with van der Waals surface area (Å²) in [6.45, 7) is 2.33. The predicted octanol–water partition coefficient (Wildman–Crippen LogP) is 2.47. The van der Waals surface area contributed by atoms with E-state index in [1.54, 1.807) is 24.0 Å². The van der Waals surface area contributed by atoms with Gasteiger partial charge in [0.15, 0.2) is 11.5 Å². The van der Waals surface area contributed by atoms with Crippen molar-refractivity contribution in [2.24, 2.45) is 0 Å². The Labute approximate surface area is 161 Å². The van der Waals surface area contributed by atoms with E-state index in [1.807, 2.05) is 0 Å². The molecule has 3 heterocycles. The van der Waals surface area contributed by atoms with E-state index in [0.29, 0.717) is 31.5 Å². The monoisotopic (exact) mass is 415 g/mol. The third-order valence-electron chi connectivity index (χ3n) is 4.49. The highest BCUT2D eigenvalue weighted by Crippen LogP contribution is 2.32. The van der Waals surface area contributed by atoms with Gasteiger partial charge in [-0.2, -0.15) is 13.2 Å². The summed E-state index contributed by atoms with van der Waals surface area (Å²) in [5.74, 6) is 0.135. The van der Waals surface area contributed by atoms with Crippen molar-refractivity contribution in [1.29, 1.82) is 0 Å². The van der Waals surface area contributed by atoms with Crippen LogP contribution in [0.1, 0.15) is 25.5 Å². The highest BCUT2D eigenvalue weighted by molar-refractivity contribution is 7.89. The molecule has 28 heavy (non-hydrogen) atoms. The minimum atomic E-state index is -4.60. The van der Waals surface area contributed by atoms with Gasteiger partial charge in [0, 0.05) is 43.2 Å². The number of halogens is 3. The van der Waals surface area contributed by atoms with Crippen molar-refractivity contribution >= 4 is 15.8 Å². The number of piperidine rings is 1. The highest BCUT2D eigenvalue weighted by Gasteiger charge is 2.35. The molecule has 1 fully saturated rings. The van der Waals surface area contributed by atoms with Crippen LogP contribution in [0.15, 0.2) is 30.6 Å². The Balaban J connectivity index is 1.84. The van der Waals surface area contributed by atoms with E-state index in [9.17, 15) is 21.6 Å². The number of rotatable bonds is 5. The molecule has 0 amide bonds. The van der Waals surface area contributed by atoms with Crippen LogP contribution in [0.2, 0.25) is 0 Å². The zero-order valence-corrected chi connectivity index (χ0v) is 16.0. The minimum absolute atomic E-state index is 0.0106. The Morgan fingerprint density at radius 1 is 1.18 bits per heavy atom. The lowest BCUT2D eigenvalue weighted by molar-refractivity contribution is -0.141. The molecule has 3 rings (SSSR count). The summed E-state index contributed by atoms with van der Waals surface area (Å²) >= 11 is 0. The fourth-order valence-electron chi connectivity index (χ4n) is 2.94. The van der Waals surface area contributed by atoms with Gasteiger partial charge in [-0.1, -0.05) is 0 Å². The van der Waals surface area contributed by atoms with E-state index < -0.39 is 21.9 Å². The summed E-state index contributed by atoms with van der Waals surface area (Å²) in [5.41, 5.74) is -0.578. The number of aromatic nitrogens is 3. The van der Waals surface area contributed by atoms with Gasteiger partial charge in [-0.3, -0.25) is 4.98 Å². The lowest BCUT2D eigenvalue weighted by atomic mass is 10.1. The second-order valence-electron chi connectivity index (χ2n) is 6.45. The summed E-state index contributed by atoms with van der Waals surface area (Å²) in [4.78, 5) is 13.5. The molecule has 0 aliphatic carbocycles. The normalized spacial score (nSPS) is 16.4. The summed E-state index contributed by atoms with van der Waals surface area (Å²) in [6, 6.07) is 3.79. The first-order valence-corrected chi connectivity index (χ1v) is 10.4. The summed E-state index contributed by atoms with van der Waals surface area (Å²) in [7, 11) is -3.32. The Morgan fingerprint density at radius 3 is 2.39 bits per heavy atom. The van der Waals surface area contributed by atoms with Gasteiger partial charge in [-0.05, 0) is 31.9 Å². The maximum absolute atomic E-state index is 13.3. The van der Waals surface area contributed by atoms with Crippen molar-refractivity contribution in [3.8, 4) is 11.4 Å². The standard InChI is InChI=1S/C17H20F3N5O2S/c1-2-28(26,27)24-13-5-9-25(10-6-13)15-11-14(17(18,19)20)22-16(23-15)12-3-7-21-8-4-12/h3-4,7-8,11,13,24H,2,5-6,9-10H2,1H3. The lowest BCUT2D eigenvalue weighted by Crippen LogP contribution is -2.45. The molecule has 11 heteroatoms. The largest absolute Gasteiger partial charge is 0.433 e. The highest BCUT2D eigenvalue weighted by atomic mass is 32.2. The molecule has 0 spiro atoms. The van der Waals surface area contributed by atoms with Gasteiger partial charge in [0.05, 0.1) is 5.75 Å². The molecule has 0 saturated carbocycles. The Bertz CT molecular complexity index is 914. The molecule has 1 saturated heterocycles. The number of pyridine rings is 1. The molecule has 1 aliphatic rings. The van der Waals surface area contributed by atoms with Crippen molar-refractivity contribution in [3.63, 3.8) is 0 Å². The fraction of sp³-hybridized carbons (Fsp3) is 0.471. The Hall–Kier alpha value is -2.27. The summed E-state index contributed by atoms with van der Waals surface area (Å²) in [6.07, 6.45) is -0.715. The zero-order chi connectivity index (χ0) is 20.4. The molecule has 0 bridgehead atoms. The molecule has 0 aromatic carbocycles. The fourth-order valence-corrected chi connectivity index (χ4v) is 3.85. The van der Waals surface area contributed by atoms with Crippen LogP contribution in [0.3, 0.4) is 0 Å². The number of nitrogens with zero attached hydrogens (tertiary/aromatic N) is 4. The number of hydrogen-bond donors (Lipinski definition) is 1. The summed E-state index contributed by atoms with van der Waals surface area (Å²) < 4.78 is 66.0. The number of anilines is 1. The van der Waals surface area contributed by atoms with Crippen LogP contribution in [0.25, 0.3) is 11.4 Å². The third kappa shape index (κ3) is 4.96. The van der Waals surface area contributed by atoms with Crippen LogP contribution in [-0.4, -0.2) is 48.3 Å². The van der Waals surface area contributed by atoms with E-state index in [0.717, 1.165) is 6.07 Å². The van der Waals surface area contributed by atoms with Crippen LogP contribution in [0.5, 0.6) is 0 Å². The molecule has 0 atom stereocenters. The lowest BCUT2D eigenvalue weighted by Gasteiger charge is -2.33. The molecule has 2 aromatic heterocycles. The van der Waals surface area contributed by atoms with Gasteiger partial charge in [-0.25, -0.2) is 23.1 Å². The maximum Gasteiger partial charge on any atom is 0.433 e. The second-order valence-corrected chi connectivity index (χ2v) is 8.49. The molecule has 1 N–H and O–H groups in total. The first-order valence-electron chi connectivity index (χ1n) is 8.79. The van der Waals surface area contributed by atoms with Crippen LogP contribution >= 0.6 is 0 Å². The maximum atomic E-state index is 13.3. The van der Waals surface area contributed by atoms with Crippen molar-refractivity contribution in [3.05, 3.63) is 36.3 Å². The molecule has 2 aromatic rings. The predicted molar refractivity (Wildman–Crippen MR) is 98.1 cm³/mol. The van der Waals surface area contributed by atoms with E-state index in [1.165, 1.54) is 12.4 Å². The van der Waals surface area contributed by atoms with Gasteiger partial charge in [0.25, 0.3) is 0 Å². The Morgan fingerprint density at radius 2 is 1.82 bits per heavy atom. The van der Waals surface area contributed by atoms with Crippen molar-refractivity contribution in [1.82, 2.24) is 19.7 Å². The van der Waals surface area contributed by atoms with Gasteiger partial charge in [-0.15, -0.1) is 0 Å². The smallest absolute Gasteiger partial charge is 0.356 e.